The second-order valence-corrected chi connectivity index (χ2v) is 5.83. The van der Waals surface area contributed by atoms with Crippen molar-refractivity contribution in [3.63, 3.8) is 0 Å². The maximum absolute atomic E-state index is 11.9. The van der Waals surface area contributed by atoms with Crippen molar-refractivity contribution in [1.82, 2.24) is 5.32 Å². The summed E-state index contributed by atoms with van der Waals surface area (Å²) in [5.74, 6) is 0.814. The molecule has 0 heterocycles. The number of hydrogen-bond acceptors (Lipinski definition) is 2. The lowest BCUT2D eigenvalue weighted by atomic mass is 10.0. The minimum Gasteiger partial charge on any atom is -0.394 e. The van der Waals surface area contributed by atoms with E-state index in [1.807, 2.05) is 30.3 Å². The van der Waals surface area contributed by atoms with Crippen molar-refractivity contribution in [1.29, 1.82) is 0 Å². The Morgan fingerprint density at radius 1 is 1.25 bits per heavy atom. The molecule has 1 fully saturated rings. The van der Waals surface area contributed by atoms with Crippen molar-refractivity contribution in [3.05, 3.63) is 35.9 Å². The van der Waals surface area contributed by atoms with Crippen LogP contribution in [0.3, 0.4) is 0 Å². The number of amides is 1. The summed E-state index contributed by atoms with van der Waals surface area (Å²) in [4.78, 5) is 11.9. The van der Waals surface area contributed by atoms with E-state index in [9.17, 15) is 9.90 Å². The zero-order chi connectivity index (χ0) is 14.2. The van der Waals surface area contributed by atoms with Crippen LogP contribution in [0, 0.1) is 5.92 Å². The molecule has 1 atom stereocenters. The zero-order valence-electron chi connectivity index (χ0n) is 12.1. The molecular weight excluding hydrogens is 250 g/mol. The number of carbonyl (C=O) groups is 1. The van der Waals surface area contributed by atoms with Crippen LogP contribution in [0.5, 0.6) is 0 Å². The standard InChI is InChI=1S/C17H25NO2/c19-13-16(12-15-8-2-1-3-9-15)18-17(20)11-10-14-6-4-5-7-14/h1-3,8-9,14,16,19H,4-7,10-13H2,(H,18,20). The normalized spacial score (nSPS) is 17.1. The van der Waals surface area contributed by atoms with E-state index < -0.39 is 0 Å². The summed E-state index contributed by atoms with van der Waals surface area (Å²) in [6.07, 6.45) is 7.47. The number of aliphatic hydroxyl groups excluding tert-OH is 1. The lowest BCUT2D eigenvalue weighted by Gasteiger charge is -2.17. The molecule has 2 N–H and O–H groups in total. The molecule has 0 spiro atoms. The van der Waals surface area contributed by atoms with Gasteiger partial charge < -0.3 is 10.4 Å². The Labute approximate surface area is 121 Å². The average Bonchev–Trinajstić information content (AvgIpc) is 2.99. The van der Waals surface area contributed by atoms with E-state index in [-0.39, 0.29) is 18.6 Å². The molecule has 0 aromatic heterocycles. The van der Waals surface area contributed by atoms with E-state index in [1.165, 1.54) is 25.7 Å². The van der Waals surface area contributed by atoms with E-state index in [2.05, 4.69) is 5.32 Å². The average molecular weight is 275 g/mol. The fraction of sp³-hybridized carbons (Fsp3) is 0.588. The lowest BCUT2D eigenvalue weighted by molar-refractivity contribution is -0.122. The monoisotopic (exact) mass is 275 g/mol. The number of benzene rings is 1. The van der Waals surface area contributed by atoms with Crippen LogP contribution in [0.25, 0.3) is 0 Å². The Balaban J connectivity index is 1.72. The summed E-state index contributed by atoms with van der Waals surface area (Å²) < 4.78 is 0. The highest BCUT2D eigenvalue weighted by Gasteiger charge is 2.17. The van der Waals surface area contributed by atoms with Crippen LogP contribution < -0.4 is 5.32 Å². The minimum absolute atomic E-state index is 0.00986. The molecule has 0 radical (unpaired) electrons. The van der Waals surface area contributed by atoms with Gasteiger partial charge in [0.15, 0.2) is 0 Å². The summed E-state index contributed by atoms with van der Waals surface area (Å²) in [6, 6.07) is 9.80. The van der Waals surface area contributed by atoms with Gasteiger partial charge in [-0.2, -0.15) is 0 Å². The van der Waals surface area contributed by atoms with Gasteiger partial charge in [0.25, 0.3) is 0 Å². The first-order valence-corrected chi connectivity index (χ1v) is 7.72. The molecule has 110 valence electrons. The number of aliphatic hydroxyl groups is 1. The first-order chi connectivity index (χ1) is 9.78. The first-order valence-electron chi connectivity index (χ1n) is 7.72. The van der Waals surface area contributed by atoms with Gasteiger partial charge in [0.05, 0.1) is 12.6 Å². The molecule has 1 unspecified atom stereocenters. The Morgan fingerprint density at radius 2 is 1.95 bits per heavy atom. The Morgan fingerprint density at radius 3 is 2.60 bits per heavy atom. The van der Waals surface area contributed by atoms with Crippen molar-refractivity contribution in [2.24, 2.45) is 5.92 Å². The second kappa shape index (κ2) is 8.05. The zero-order valence-corrected chi connectivity index (χ0v) is 12.1. The largest absolute Gasteiger partial charge is 0.394 e. The quantitative estimate of drug-likeness (QED) is 0.804. The van der Waals surface area contributed by atoms with Gasteiger partial charge in [-0.1, -0.05) is 56.0 Å². The van der Waals surface area contributed by atoms with Gasteiger partial charge in [0, 0.05) is 6.42 Å². The molecule has 3 heteroatoms. The van der Waals surface area contributed by atoms with Crippen molar-refractivity contribution >= 4 is 5.91 Å². The molecule has 20 heavy (non-hydrogen) atoms. The number of hydrogen-bond donors (Lipinski definition) is 2. The van der Waals surface area contributed by atoms with Crippen molar-refractivity contribution in [2.45, 2.75) is 51.0 Å². The Bertz CT molecular complexity index is 399. The predicted octanol–water partition coefficient (Wildman–Crippen LogP) is 2.68. The highest BCUT2D eigenvalue weighted by molar-refractivity contribution is 5.76. The number of nitrogens with one attached hydrogen (secondary N) is 1. The second-order valence-electron chi connectivity index (χ2n) is 5.83. The van der Waals surface area contributed by atoms with E-state index in [0.717, 1.165) is 17.9 Å². The van der Waals surface area contributed by atoms with Crippen LogP contribution in [0.1, 0.15) is 44.1 Å². The molecular formula is C17H25NO2. The Hall–Kier alpha value is -1.35. The lowest BCUT2D eigenvalue weighted by Crippen LogP contribution is -2.39. The van der Waals surface area contributed by atoms with Crippen LogP contribution >= 0.6 is 0 Å². The fourth-order valence-electron chi connectivity index (χ4n) is 2.99. The van der Waals surface area contributed by atoms with Gasteiger partial charge in [0.2, 0.25) is 5.91 Å². The number of rotatable bonds is 7. The molecule has 1 aliphatic rings. The van der Waals surface area contributed by atoms with E-state index in [0.29, 0.717) is 12.8 Å². The van der Waals surface area contributed by atoms with Gasteiger partial charge in [-0.15, -0.1) is 0 Å². The maximum atomic E-state index is 11.9. The van der Waals surface area contributed by atoms with Gasteiger partial charge in [-0.25, -0.2) is 0 Å². The topological polar surface area (TPSA) is 49.3 Å². The van der Waals surface area contributed by atoms with E-state index in [1.54, 1.807) is 0 Å². The molecule has 2 rings (SSSR count). The van der Waals surface area contributed by atoms with Crippen LogP contribution in [0.15, 0.2) is 30.3 Å². The molecule has 1 aromatic rings. The third-order valence-corrected chi connectivity index (χ3v) is 4.16. The molecule has 1 saturated carbocycles. The van der Waals surface area contributed by atoms with Crippen molar-refractivity contribution in [3.8, 4) is 0 Å². The van der Waals surface area contributed by atoms with Crippen LogP contribution in [-0.4, -0.2) is 23.7 Å². The number of carbonyl (C=O) groups excluding carboxylic acids is 1. The summed E-state index contributed by atoms with van der Waals surface area (Å²) >= 11 is 0. The molecule has 1 amide bonds. The maximum Gasteiger partial charge on any atom is 0.220 e. The van der Waals surface area contributed by atoms with Crippen LogP contribution in [0.4, 0.5) is 0 Å². The van der Waals surface area contributed by atoms with Gasteiger partial charge >= 0.3 is 0 Å². The van der Waals surface area contributed by atoms with Gasteiger partial charge in [0.1, 0.15) is 0 Å². The van der Waals surface area contributed by atoms with Crippen molar-refractivity contribution < 1.29 is 9.90 Å². The Kier molecular flexibility index (Phi) is 6.06. The molecule has 0 saturated heterocycles. The third kappa shape index (κ3) is 4.97. The highest BCUT2D eigenvalue weighted by atomic mass is 16.3. The molecule has 0 bridgehead atoms. The summed E-state index contributed by atoms with van der Waals surface area (Å²) in [7, 11) is 0. The molecule has 1 aromatic carbocycles. The predicted molar refractivity (Wildman–Crippen MR) is 80.4 cm³/mol. The molecule has 3 nitrogen and oxygen atoms in total. The molecule has 1 aliphatic carbocycles. The summed E-state index contributed by atoms with van der Waals surface area (Å²) in [6.45, 7) is -0.00986. The van der Waals surface area contributed by atoms with Crippen LogP contribution in [-0.2, 0) is 11.2 Å². The smallest absolute Gasteiger partial charge is 0.220 e. The minimum atomic E-state index is -0.173. The summed E-state index contributed by atoms with van der Waals surface area (Å²) in [5, 5.41) is 12.4. The third-order valence-electron chi connectivity index (χ3n) is 4.16. The SMILES string of the molecule is O=C(CCC1CCCC1)NC(CO)Cc1ccccc1. The van der Waals surface area contributed by atoms with Gasteiger partial charge in [-0.3, -0.25) is 4.79 Å². The van der Waals surface area contributed by atoms with Gasteiger partial charge in [-0.05, 0) is 24.3 Å². The summed E-state index contributed by atoms with van der Waals surface area (Å²) in [5.41, 5.74) is 1.14. The molecule has 0 aliphatic heterocycles. The fourth-order valence-corrected chi connectivity index (χ4v) is 2.99. The van der Waals surface area contributed by atoms with E-state index >= 15 is 0 Å². The van der Waals surface area contributed by atoms with Crippen molar-refractivity contribution in [2.75, 3.05) is 6.61 Å². The first kappa shape index (κ1) is 15.0. The van der Waals surface area contributed by atoms with E-state index in [4.69, 9.17) is 0 Å². The van der Waals surface area contributed by atoms with Crippen LogP contribution in [0.2, 0.25) is 0 Å². The highest BCUT2D eigenvalue weighted by Crippen LogP contribution is 2.28.